The van der Waals surface area contributed by atoms with Crippen LogP contribution in [0.15, 0.2) is 60.9 Å². The highest BCUT2D eigenvalue weighted by atomic mass is 16.2. The summed E-state index contributed by atoms with van der Waals surface area (Å²) in [5, 5.41) is 3.30. The molecule has 3 aromatic rings. The quantitative estimate of drug-likeness (QED) is 0.766. The number of carbonyl (C=O) groups is 1. The second-order valence-electron chi connectivity index (χ2n) is 6.76. The van der Waals surface area contributed by atoms with Gasteiger partial charge in [-0.15, -0.1) is 0 Å². The van der Waals surface area contributed by atoms with E-state index < -0.39 is 0 Å². The second-order valence-corrected chi connectivity index (χ2v) is 6.76. The predicted molar refractivity (Wildman–Crippen MR) is 107 cm³/mol. The minimum atomic E-state index is -0.0801. The lowest BCUT2D eigenvalue weighted by molar-refractivity contribution is 0.0980. The van der Waals surface area contributed by atoms with Crippen LogP contribution in [0.4, 0.5) is 11.5 Å². The average Bonchev–Trinajstić information content (AvgIpc) is 2.72. The van der Waals surface area contributed by atoms with E-state index in [0.717, 1.165) is 18.5 Å². The number of nitrogens with one attached hydrogen (secondary N) is 1. The number of aryl methyl sites for hydroxylation is 2. The predicted octanol–water partition coefficient (Wildman–Crippen LogP) is 3.99. The molecule has 2 heterocycles. The Morgan fingerprint density at radius 3 is 2.81 bits per heavy atom. The van der Waals surface area contributed by atoms with Gasteiger partial charge in [0.2, 0.25) is 0 Å². The molecule has 1 aliphatic heterocycles. The van der Waals surface area contributed by atoms with Crippen molar-refractivity contribution in [3.63, 3.8) is 0 Å². The molecule has 1 N–H and O–H groups in total. The molecule has 27 heavy (non-hydrogen) atoms. The largest absolute Gasteiger partial charge is 0.366 e. The fourth-order valence-electron chi connectivity index (χ4n) is 3.45. The summed E-state index contributed by atoms with van der Waals surface area (Å²) < 4.78 is 0. The molecule has 0 radical (unpaired) electrons. The van der Waals surface area contributed by atoms with Crippen LogP contribution in [0.2, 0.25) is 0 Å². The summed E-state index contributed by atoms with van der Waals surface area (Å²) in [5.41, 5.74) is 5.04. The molecular formula is C22H22N4O. The molecule has 4 rings (SSSR count). The van der Waals surface area contributed by atoms with E-state index in [4.69, 9.17) is 0 Å². The molecule has 0 saturated carbocycles. The highest BCUT2D eigenvalue weighted by Gasteiger charge is 2.24. The van der Waals surface area contributed by atoms with Crippen molar-refractivity contribution in [1.82, 2.24) is 9.97 Å². The van der Waals surface area contributed by atoms with E-state index in [1.54, 1.807) is 6.07 Å². The van der Waals surface area contributed by atoms with Crippen LogP contribution < -0.4 is 10.2 Å². The molecule has 5 heteroatoms. The van der Waals surface area contributed by atoms with Gasteiger partial charge in [0.25, 0.3) is 5.91 Å². The number of carbonyl (C=O) groups excluding carboxylic acids is 1. The van der Waals surface area contributed by atoms with Crippen LogP contribution >= 0.6 is 0 Å². The smallest absolute Gasteiger partial charge is 0.277 e. The van der Waals surface area contributed by atoms with Crippen LogP contribution in [0.3, 0.4) is 0 Å². The van der Waals surface area contributed by atoms with Crippen LogP contribution in [-0.4, -0.2) is 22.4 Å². The Morgan fingerprint density at radius 1 is 1.11 bits per heavy atom. The van der Waals surface area contributed by atoms with Crippen LogP contribution in [0.5, 0.6) is 0 Å². The number of anilines is 2. The topological polar surface area (TPSA) is 58.1 Å². The fourth-order valence-corrected chi connectivity index (χ4v) is 3.45. The first-order valence-electron chi connectivity index (χ1n) is 9.22. The summed E-state index contributed by atoms with van der Waals surface area (Å²) in [6, 6.07) is 18.0. The van der Waals surface area contributed by atoms with Gasteiger partial charge in [0, 0.05) is 24.8 Å². The molecule has 0 aliphatic carbocycles. The number of nitrogens with zero attached hydrogens (tertiary/aromatic N) is 3. The zero-order chi connectivity index (χ0) is 18.6. The average molecular weight is 358 g/mol. The number of rotatable bonds is 4. The third-order valence-electron chi connectivity index (χ3n) is 4.96. The Labute approximate surface area is 159 Å². The third kappa shape index (κ3) is 3.67. The van der Waals surface area contributed by atoms with Gasteiger partial charge in [-0.2, -0.15) is 0 Å². The van der Waals surface area contributed by atoms with Gasteiger partial charge in [-0.3, -0.25) is 4.79 Å². The van der Waals surface area contributed by atoms with Crippen LogP contribution in [-0.2, 0) is 13.0 Å². The molecule has 5 nitrogen and oxygen atoms in total. The van der Waals surface area contributed by atoms with Crippen molar-refractivity contribution in [2.75, 3.05) is 16.8 Å². The lowest BCUT2D eigenvalue weighted by atomic mass is 10.0. The Bertz CT molecular complexity index is 970. The zero-order valence-electron chi connectivity index (χ0n) is 15.4. The lowest BCUT2D eigenvalue weighted by Crippen LogP contribution is -2.36. The van der Waals surface area contributed by atoms with Gasteiger partial charge in [0.15, 0.2) is 0 Å². The normalized spacial score (nSPS) is 13.1. The molecule has 0 bridgehead atoms. The van der Waals surface area contributed by atoms with Gasteiger partial charge in [0.05, 0.1) is 0 Å². The van der Waals surface area contributed by atoms with Crippen molar-refractivity contribution >= 4 is 17.4 Å². The molecular weight excluding hydrogens is 336 g/mol. The van der Waals surface area contributed by atoms with Gasteiger partial charge >= 0.3 is 0 Å². The van der Waals surface area contributed by atoms with Crippen molar-refractivity contribution in [1.29, 1.82) is 0 Å². The first-order valence-corrected chi connectivity index (χ1v) is 9.22. The van der Waals surface area contributed by atoms with Crippen LogP contribution in [0.25, 0.3) is 0 Å². The lowest BCUT2D eigenvalue weighted by Gasteiger charge is -2.29. The minimum absolute atomic E-state index is 0.0801. The first-order chi connectivity index (χ1) is 13.2. The van der Waals surface area contributed by atoms with Gasteiger partial charge in [0.1, 0.15) is 17.8 Å². The molecule has 1 aromatic heterocycles. The van der Waals surface area contributed by atoms with E-state index in [9.17, 15) is 4.79 Å². The summed E-state index contributed by atoms with van der Waals surface area (Å²) in [6.45, 7) is 3.45. The molecule has 0 spiro atoms. The first kappa shape index (κ1) is 17.2. The number of hydrogen-bond acceptors (Lipinski definition) is 4. The van der Waals surface area contributed by atoms with Crippen LogP contribution in [0, 0.1) is 6.92 Å². The van der Waals surface area contributed by atoms with E-state index in [0.29, 0.717) is 24.6 Å². The van der Waals surface area contributed by atoms with Gasteiger partial charge < -0.3 is 10.2 Å². The maximum Gasteiger partial charge on any atom is 0.277 e. The number of hydrogen-bond donors (Lipinski definition) is 1. The van der Waals surface area contributed by atoms with E-state index >= 15 is 0 Å². The molecule has 0 unspecified atom stereocenters. The van der Waals surface area contributed by atoms with E-state index in [2.05, 4.69) is 40.4 Å². The highest BCUT2D eigenvalue weighted by Crippen LogP contribution is 2.28. The Kier molecular flexibility index (Phi) is 4.83. The van der Waals surface area contributed by atoms with Crippen molar-refractivity contribution in [2.24, 2.45) is 0 Å². The number of fused-ring (bicyclic) bond motifs is 1. The summed E-state index contributed by atoms with van der Waals surface area (Å²) in [4.78, 5) is 23.4. The molecule has 0 atom stereocenters. The van der Waals surface area contributed by atoms with Crippen molar-refractivity contribution in [3.05, 3.63) is 83.3 Å². The Balaban J connectivity index is 1.53. The molecule has 2 aromatic carbocycles. The van der Waals surface area contributed by atoms with Gasteiger partial charge in [-0.05, 0) is 42.5 Å². The second kappa shape index (κ2) is 7.58. The number of benzene rings is 2. The monoisotopic (exact) mass is 358 g/mol. The number of amides is 1. The van der Waals surface area contributed by atoms with E-state index in [1.165, 1.54) is 23.0 Å². The zero-order valence-corrected chi connectivity index (χ0v) is 15.4. The summed E-state index contributed by atoms with van der Waals surface area (Å²) in [5.74, 6) is 0.574. The number of aromatic nitrogens is 2. The SMILES string of the molecule is Cc1ccccc1CNc1cc(C(=O)N2CCCc3ccccc32)ncn1. The van der Waals surface area contributed by atoms with E-state index in [1.807, 2.05) is 35.2 Å². The highest BCUT2D eigenvalue weighted by molar-refractivity contribution is 6.05. The third-order valence-corrected chi connectivity index (χ3v) is 4.96. The molecule has 0 saturated heterocycles. The standard InChI is InChI=1S/C22H22N4O/c1-16-7-2-3-9-18(16)14-23-21-13-19(24-15-25-21)22(27)26-12-6-10-17-8-4-5-11-20(17)26/h2-5,7-9,11,13,15H,6,10,12,14H2,1H3,(H,23,24,25). The Hall–Kier alpha value is -3.21. The Morgan fingerprint density at radius 2 is 1.93 bits per heavy atom. The van der Waals surface area contributed by atoms with E-state index in [-0.39, 0.29) is 5.91 Å². The molecule has 1 amide bonds. The minimum Gasteiger partial charge on any atom is -0.366 e. The van der Waals surface area contributed by atoms with Crippen molar-refractivity contribution in [3.8, 4) is 0 Å². The molecule has 1 aliphatic rings. The summed E-state index contributed by atoms with van der Waals surface area (Å²) in [7, 11) is 0. The summed E-state index contributed by atoms with van der Waals surface area (Å²) in [6.07, 6.45) is 3.42. The van der Waals surface area contributed by atoms with Crippen molar-refractivity contribution in [2.45, 2.75) is 26.3 Å². The van der Waals surface area contributed by atoms with Gasteiger partial charge in [-0.1, -0.05) is 42.5 Å². The van der Waals surface area contributed by atoms with Crippen molar-refractivity contribution < 1.29 is 4.79 Å². The van der Waals surface area contributed by atoms with Crippen LogP contribution in [0.1, 0.15) is 33.6 Å². The maximum atomic E-state index is 13.1. The molecule has 0 fully saturated rings. The molecule has 136 valence electrons. The number of para-hydroxylation sites is 1. The fraction of sp³-hybridized carbons (Fsp3) is 0.227. The van der Waals surface area contributed by atoms with Gasteiger partial charge in [-0.25, -0.2) is 9.97 Å². The summed E-state index contributed by atoms with van der Waals surface area (Å²) >= 11 is 0. The maximum absolute atomic E-state index is 13.1.